The van der Waals surface area contributed by atoms with Crippen molar-refractivity contribution >= 4 is 5.91 Å². The summed E-state index contributed by atoms with van der Waals surface area (Å²) in [4.78, 5) is 10.7. The van der Waals surface area contributed by atoms with Gasteiger partial charge in [0.2, 0.25) is 0 Å². The molecule has 46 valence electrons. The second-order valence-electron chi connectivity index (χ2n) is 1.89. The summed E-state index contributed by atoms with van der Waals surface area (Å²) in [6.45, 7) is 10.6. The number of hydrogen-bond acceptors (Lipinski definition) is 1. The van der Waals surface area contributed by atoms with Crippen LogP contribution in [-0.4, -0.2) is 5.91 Å². The van der Waals surface area contributed by atoms with Crippen LogP contribution in [0.2, 0.25) is 0 Å². The minimum atomic E-state index is -0.190. The number of rotatable bonds is 0. The molecule has 0 radical (unpaired) electrons. The van der Waals surface area contributed by atoms with E-state index < -0.39 is 0 Å². The molecule has 0 atom stereocenters. The molecule has 1 aliphatic rings. The smallest absolute Gasteiger partial charge is 0.255 e. The summed E-state index contributed by atoms with van der Waals surface area (Å²) in [5, 5.41) is 2.48. The van der Waals surface area contributed by atoms with Crippen LogP contribution in [0.4, 0.5) is 0 Å². The standard InChI is InChI=1S/C7H7NO/c1-4-5(2)7(9)8-6(4)3/h1-3H2,(H,8,9). The van der Waals surface area contributed by atoms with Gasteiger partial charge in [-0.15, -0.1) is 0 Å². The predicted molar refractivity (Wildman–Crippen MR) is 35.6 cm³/mol. The van der Waals surface area contributed by atoms with Crippen LogP contribution in [0.3, 0.4) is 0 Å². The normalized spacial score (nSPS) is 18.7. The van der Waals surface area contributed by atoms with Gasteiger partial charge >= 0.3 is 0 Å². The lowest BCUT2D eigenvalue weighted by Crippen LogP contribution is -2.11. The second-order valence-corrected chi connectivity index (χ2v) is 1.89. The number of carbonyl (C=O) groups is 1. The van der Waals surface area contributed by atoms with Gasteiger partial charge in [-0.3, -0.25) is 4.79 Å². The third-order valence-electron chi connectivity index (χ3n) is 1.27. The van der Waals surface area contributed by atoms with Crippen LogP contribution < -0.4 is 5.32 Å². The summed E-state index contributed by atoms with van der Waals surface area (Å²) < 4.78 is 0. The SMILES string of the molecule is C=C1NC(=O)C(=C)C1=C. The van der Waals surface area contributed by atoms with Crippen molar-refractivity contribution in [3.8, 4) is 0 Å². The topological polar surface area (TPSA) is 29.1 Å². The first-order chi connectivity index (χ1) is 4.13. The van der Waals surface area contributed by atoms with Crippen LogP contribution in [0.5, 0.6) is 0 Å². The highest BCUT2D eigenvalue weighted by molar-refractivity contribution is 6.04. The van der Waals surface area contributed by atoms with Gasteiger partial charge in [-0.25, -0.2) is 0 Å². The fraction of sp³-hybridized carbons (Fsp3) is 0. The Kier molecular flexibility index (Phi) is 1.02. The van der Waals surface area contributed by atoms with Gasteiger partial charge < -0.3 is 5.32 Å². The molecule has 0 aromatic heterocycles. The third kappa shape index (κ3) is 0.682. The average Bonchev–Trinajstić information content (AvgIpc) is 1.98. The van der Waals surface area contributed by atoms with Crippen molar-refractivity contribution in [2.75, 3.05) is 0 Å². The average molecular weight is 121 g/mol. The van der Waals surface area contributed by atoms with Gasteiger partial charge in [0.05, 0.1) is 0 Å². The lowest BCUT2D eigenvalue weighted by Gasteiger charge is -1.88. The molecule has 0 aliphatic carbocycles. The molecule has 1 N–H and O–H groups in total. The van der Waals surface area contributed by atoms with Gasteiger partial charge in [0.15, 0.2) is 0 Å². The quantitative estimate of drug-likeness (QED) is 0.470. The lowest BCUT2D eigenvalue weighted by atomic mass is 10.1. The van der Waals surface area contributed by atoms with Gasteiger partial charge in [-0.1, -0.05) is 19.7 Å². The van der Waals surface area contributed by atoms with Crippen LogP contribution in [-0.2, 0) is 4.79 Å². The molecule has 2 nitrogen and oxygen atoms in total. The molecule has 1 heterocycles. The Morgan fingerprint density at radius 3 is 1.78 bits per heavy atom. The maximum Gasteiger partial charge on any atom is 0.255 e. The lowest BCUT2D eigenvalue weighted by molar-refractivity contribution is -0.115. The molecule has 1 rings (SSSR count). The van der Waals surface area contributed by atoms with Crippen molar-refractivity contribution in [3.63, 3.8) is 0 Å². The molecule has 0 spiro atoms. The van der Waals surface area contributed by atoms with E-state index in [-0.39, 0.29) is 5.91 Å². The van der Waals surface area contributed by atoms with Crippen LogP contribution in [0.25, 0.3) is 0 Å². The minimum Gasteiger partial charge on any atom is -0.322 e. The molecular formula is C7H7NO. The van der Waals surface area contributed by atoms with Crippen molar-refractivity contribution in [2.24, 2.45) is 0 Å². The Balaban J connectivity index is 3.04. The van der Waals surface area contributed by atoms with Gasteiger partial charge in [0.1, 0.15) is 0 Å². The summed E-state index contributed by atoms with van der Waals surface area (Å²) in [5.74, 6) is -0.190. The largest absolute Gasteiger partial charge is 0.322 e. The molecule has 0 saturated carbocycles. The Hall–Kier alpha value is -1.31. The van der Waals surface area contributed by atoms with E-state index in [1.165, 1.54) is 0 Å². The Labute approximate surface area is 53.6 Å². The molecule has 2 heteroatoms. The van der Waals surface area contributed by atoms with E-state index in [9.17, 15) is 4.79 Å². The number of allylic oxidation sites excluding steroid dienone is 1. The predicted octanol–water partition coefficient (Wildman–Crippen LogP) is 0.742. The first-order valence-corrected chi connectivity index (χ1v) is 2.51. The molecule has 0 aromatic carbocycles. The molecule has 0 aromatic rings. The Morgan fingerprint density at radius 1 is 1.11 bits per heavy atom. The zero-order valence-corrected chi connectivity index (χ0v) is 5.03. The highest BCUT2D eigenvalue weighted by Crippen LogP contribution is 2.18. The zero-order chi connectivity index (χ0) is 7.02. The van der Waals surface area contributed by atoms with E-state index in [1.54, 1.807) is 0 Å². The van der Waals surface area contributed by atoms with Crippen molar-refractivity contribution in [1.29, 1.82) is 0 Å². The molecule has 1 amide bonds. The zero-order valence-electron chi connectivity index (χ0n) is 5.03. The third-order valence-corrected chi connectivity index (χ3v) is 1.27. The van der Waals surface area contributed by atoms with Crippen LogP contribution in [0.15, 0.2) is 36.6 Å². The van der Waals surface area contributed by atoms with Crippen LogP contribution >= 0.6 is 0 Å². The maximum absolute atomic E-state index is 10.7. The summed E-state index contributed by atoms with van der Waals surface area (Å²) in [6, 6.07) is 0. The number of nitrogens with one attached hydrogen (secondary N) is 1. The molecule has 0 bridgehead atoms. The van der Waals surface area contributed by atoms with Crippen molar-refractivity contribution in [3.05, 3.63) is 36.6 Å². The van der Waals surface area contributed by atoms with E-state index in [1.807, 2.05) is 0 Å². The minimum absolute atomic E-state index is 0.190. The first-order valence-electron chi connectivity index (χ1n) is 2.51. The van der Waals surface area contributed by atoms with Gasteiger partial charge in [0, 0.05) is 16.8 Å². The highest BCUT2D eigenvalue weighted by Gasteiger charge is 2.20. The van der Waals surface area contributed by atoms with E-state index in [0.29, 0.717) is 16.8 Å². The van der Waals surface area contributed by atoms with E-state index in [2.05, 4.69) is 25.1 Å². The Morgan fingerprint density at radius 2 is 1.67 bits per heavy atom. The number of carbonyl (C=O) groups excluding carboxylic acids is 1. The molecule has 1 fully saturated rings. The van der Waals surface area contributed by atoms with Crippen LogP contribution in [0.1, 0.15) is 0 Å². The first kappa shape index (κ1) is 5.82. The van der Waals surface area contributed by atoms with Crippen LogP contribution in [0, 0.1) is 0 Å². The fourth-order valence-corrected chi connectivity index (χ4v) is 0.607. The maximum atomic E-state index is 10.7. The van der Waals surface area contributed by atoms with Gasteiger partial charge in [0.25, 0.3) is 5.91 Å². The van der Waals surface area contributed by atoms with Crippen molar-refractivity contribution in [1.82, 2.24) is 5.32 Å². The van der Waals surface area contributed by atoms with Gasteiger partial charge in [-0.2, -0.15) is 0 Å². The van der Waals surface area contributed by atoms with Crippen molar-refractivity contribution in [2.45, 2.75) is 0 Å². The summed E-state index contributed by atoms with van der Waals surface area (Å²) >= 11 is 0. The number of hydrogen-bond donors (Lipinski definition) is 1. The second kappa shape index (κ2) is 1.58. The van der Waals surface area contributed by atoms with Crippen molar-refractivity contribution < 1.29 is 4.79 Å². The van der Waals surface area contributed by atoms with E-state index in [0.717, 1.165) is 0 Å². The van der Waals surface area contributed by atoms with E-state index in [4.69, 9.17) is 0 Å². The fourth-order valence-electron chi connectivity index (χ4n) is 0.607. The summed E-state index contributed by atoms with van der Waals surface area (Å²) in [7, 11) is 0. The summed E-state index contributed by atoms with van der Waals surface area (Å²) in [5.41, 5.74) is 1.59. The monoisotopic (exact) mass is 121 g/mol. The molecule has 1 aliphatic heterocycles. The molecule has 0 unspecified atom stereocenters. The number of amides is 1. The molecule has 1 saturated heterocycles. The van der Waals surface area contributed by atoms with E-state index >= 15 is 0 Å². The van der Waals surface area contributed by atoms with Gasteiger partial charge in [-0.05, 0) is 0 Å². The highest BCUT2D eigenvalue weighted by atomic mass is 16.2. The summed E-state index contributed by atoms with van der Waals surface area (Å²) in [6.07, 6.45) is 0. The molecule has 9 heavy (non-hydrogen) atoms. The Bertz CT molecular complexity index is 201. The molecular weight excluding hydrogens is 114 g/mol.